The maximum atomic E-state index is 11.7. The fraction of sp³-hybridized carbons (Fsp3) is 0.312. The maximum absolute atomic E-state index is 11.7. The van der Waals surface area contributed by atoms with Gasteiger partial charge in [-0.05, 0) is 38.0 Å². The molecule has 104 valence electrons. The summed E-state index contributed by atoms with van der Waals surface area (Å²) < 4.78 is 16.3. The first-order valence-electron chi connectivity index (χ1n) is 6.48. The lowest BCUT2D eigenvalue weighted by atomic mass is 10.0. The highest BCUT2D eigenvalue weighted by molar-refractivity contribution is 5.99. The monoisotopic (exact) mass is 272 g/mol. The van der Waals surface area contributed by atoms with Crippen LogP contribution in [0, 0.1) is 20.8 Å². The van der Waals surface area contributed by atoms with Gasteiger partial charge in [0.05, 0.1) is 6.61 Å². The lowest BCUT2D eigenvalue weighted by molar-refractivity contribution is 0.185. The molecule has 0 fully saturated rings. The van der Waals surface area contributed by atoms with E-state index in [9.17, 15) is 4.79 Å². The van der Waals surface area contributed by atoms with Gasteiger partial charge in [-0.3, -0.25) is 0 Å². The molecule has 20 heavy (non-hydrogen) atoms. The van der Waals surface area contributed by atoms with Crippen LogP contribution in [0.1, 0.15) is 22.5 Å². The molecule has 0 aliphatic carbocycles. The minimum Gasteiger partial charge on any atom is -0.461 e. The van der Waals surface area contributed by atoms with Crippen LogP contribution in [0.2, 0.25) is 0 Å². The van der Waals surface area contributed by atoms with Crippen LogP contribution in [0.5, 0.6) is 0 Å². The molecule has 3 aromatic rings. The van der Waals surface area contributed by atoms with Crippen LogP contribution in [-0.2, 0) is 11.3 Å². The molecule has 0 aliphatic rings. The molecule has 0 bridgehead atoms. The number of aryl methyl sites for hydroxylation is 3. The summed E-state index contributed by atoms with van der Waals surface area (Å²) in [5, 5.41) is 1.96. The highest BCUT2D eigenvalue weighted by atomic mass is 16.5. The van der Waals surface area contributed by atoms with Crippen LogP contribution in [0.4, 0.5) is 0 Å². The molecule has 0 aliphatic heterocycles. The molecule has 3 rings (SSSR count). The van der Waals surface area contributed by atoms with Crippen LogP contribution >= 0.6 is 0 Å². The topological polar surface area (TPSA) is 52.6 Å². The molecule has 0 radical (unpaired) electrons. The summed E-state index contributed by atoms with van der Waals surface area (Å²) in [6, 6.07) is 3.50. The summed E-state index contributed by atoms with van der Waals surface area (Å²) in [6.07, 6.45) is 0. The van der Waals surface area contributed by atoms with Crippen molar-refractivity contribution < 1.29 is 13.6 Å². The summed E-state index contributed by atoms with van der Waals surface area (Å²) in [5.41, 5.74) is 3.79. The number of furan rings is 1. The summed E-state index contributed by atoms with van der Waals surface area (Å²) in [5.74, 6) is 0.883. The number of hydrogen-bond acceptors (Lipinski definition) is 4. The first-order valence-corrected chi connectivity index (χ1v) is 6.48. The zero-order valence-corrected chi connectivity index (χ0v) is 12.0. The zero-order chi connectivity index (χ0) is 14.4. The molecular weight excluding hydrogens is 256 g/mol. The Bertz CT molecular complexity index is 868. The van der Waals surface area contributed by atoms with Crippen LogP contribution in [-0.4, -0.2) is 7.11 Å². The minimum atomic E-state index is -0.369. The average Bonchev–Trinajstić information content (AvgIpc) is 2.69. The Kier molecular flexibility index (Phi) is 2.91. The third-order valence-corrected chi connectivity index (χ3v) is 3.79. The van der Waals surface area contributed by atoms with Gasteiger partial charge in [-0.2, -0.15) is 0 Å². The number of fused-ring (bicyclic) bond motifs is 2. The summed E-state index contributed by atoms with van der Waals surface area (Å²) in [7, 11) is 1.61. The van der Waals surface area contributed by atoms with Crippen molar-refractivity contribution in [3.8, 4) is 0 Å². The summed E-state index contributed by atoms with van der Waals surface area (Å²) in [6.45, 7) is 6.25. The molecule has 4 nitrogen and oxygen atoms in total. The van der Waals surface area contributed by atoms with Gasteiger partial charge in [0.25, 0.3) is 0 Å². The molecular formula is C16H16O4. The fourth-order valence-corrected chi connectivity index (χ4v) is 2.61. The van der Waals surface area contributed by atoms with Crippen molar-refractivity contribution in [1.82, 2.24) is 0 Å². The summed E-state index contributed by atoms with van der Waals surface area (Å²) >= 11 is 0. The average molecular weight is 272 g/mol. The first-order chi connectivity index (χ1) is 9.52. The second kappa shape index (κ2) is 4.49. The maximum Gasteiger partial charge on any atom is 0.336 e. The van der Waals surface area contributed by atoms with Crippen molar-refractivity contribution in [2.75, 3.05) is 7.11 Å². The van der Waals surface area contributed by atoms with E-state index < -0.39 is 0 Å². The van der Waals surface area contributed by atoms with Gasteiger partial charge in [0.2, 0.25) is 0 Å². The molecule has 0 spiro atoms. The van der Waals surface area contributed by atoms with Gasteiger partial charge in [-0.15, -0.1) is 0 Å². The number of hydrogen-bond donors (Lipinski definition) is 0. The Labute approximate surface area is 115 Å². The molecule has 0 unspecified atom stereocenters. The lowest BCUT2D eigenvalue weighted by Gasteiger charge is -2.07. The molecule has 2 aromatic heterocycles. The van der Waals surface area contributed by atoms with Crippen molar-refractivity contribution in [3.05, 3.63) is 45.0 Å². The minimum absolute atomic E-state index is 0.369. The van der Waals surface area contributed by atoms with E-state index in [0.717, 1.165) is 38.8 Å². The van der Waals surface area contributed by atoms with Crippen LogP contribution in [0.15, 0.2) is 25.8 Å². The van der Waals surface area contributed by atoms with E-state index in [1.807, 2.05) is 26.8 Å². The van der Waals surface area contributed by atoms with Gasteiger partial charge < -0.3 is 13.6 Å². The van der Waals surface area contributed by atoms with E-state index in [2.05, 4.69) is 0 Å². The van der Waals surface area contributed by atoms with Gasteiger partial charge in [0, 0.05) is 29.5 Å². The highest BCUT2D eigenvalue weighted by Crippen LogP contribution is 2.33. The number of benzene rings is 1. The predicted octanol–water partition coefficient (Wildman–Crippen LogP) is 3.61. The Hall–Kier alpha value is -2.07. The van der Waals surface area contributed by atoms with Gasteiger partial charge in [0.1, 0.15) is 16.9 Å². The van der Waals surface area contributed by atoms with Crippen LogP contribution in [0.25, 0.3) is 21.9 Å². The number of methoxy groups -OCH3 is 1. The molecule has 1 aromatic carbocycles. The molecule has 0 amide bonds. The Balaban J connectivity index is 2.52. The normalized spacial score (nSPS) is 11.6. The van der Waals surface area contributed by atoms with Crippen molar-refractivity contribution in [2.45, 2.75) is 27.4 Å². The van der Waals surface area contributed by atoms with E-state index in [1.54, 1.807) is 7.11 Å². The van der Waals surface area contributed by atoms with Gasteiger partial charge in [-0.1, -0.05) is 0 Å². The van der Waals surface area contributed by atoms with Gasteiger partial charge >= 0.3 is 5.63 Å². The lowest BCUT2D eigenvalue weighted by Crippen LogP contribution is -2.02. The molecule has 0 saturated carbocycles. The van der Waals surface area contributed by atoms with Crippen molar-refractivity contribution >= 4 is 21.9 Å². The van der Waals surface area contributed by atoms with E-state index in [1.165, 1.54) is 6.07 Å². The smallest absolute Gasteiger partial charge is 0.336 e. The third-order valence-electron chi connectivity index (χ3n) is 3.79. The largest absolute Gasteiger partial charge is 0.461 e. The Morgan fingerprint density at radius 3 is 2.40 bits per heavy atom. The van der Waals surface area contributed by atoms with Crippen LogP contribution < -0.4 is 5.63 Å². The number of rotatable bonds is 2. The molecule has 4 heteroatoms. The van der Waals surface area contributed by atoms with Gasteiger partial charge in [-0.25, -0.2) is 4.79 Å². The van der Waals surface area contributed by atoms with Crippen molar-refractivity contribution in [1.29, 1.82) is 0 Å². The first kappa shape index (κ1) is 12.9. The van der Waals surface area contributed by atoms with E-state index in [4.69, 9.17) is 13.6 Å². The fourth-order valence-electron chi connectivity index (χ4n) is 2.61. The van der Waals surface area contributed by atoms with E-state index >= 15 is 0 Å². The van der Waals surface area contributed by atoms with Crippen molar-refractivity contribution in [3.63, 3.8) is 0 Å². The quantitative estimate of drug-likeness (QED) is 0.669. The summed E-state index contributed by atoms with van der Waals surface area (Å²) in [4.78, 5) is 11.7. The van der Waals surface area contributed by atoms with Crippen LogP contribution in [0.3, 0.4) is 0 Å². The van der Waals surface area contributed by atoms with Crippen molar-refractivity contribution in [2.24, 2.45) is 0 Å². The third kappa shape index (κ3) is 1.76. The molecule has 2 heterocycles. The molecule has 0 saturated heterocycles. The number of ether oxygens (including phenoxy) is 1. The SMILES string of the molecule is COCc1cc(=O)oc2c(C)c3oc(C)c(C)c3cc12. The van der Waals surface area contributed by atoms with Gasteiger partial charge in [0.15, 0.2) is 0 Å². The zero-order valence-electron chi connectivity index (χ0n) is 12.0. The standard InChI is InChI=1S/C16H16O4/c1-8-10(3)19-15-9(2)16-13(6-12(8)15)11(7-18-4)5-14(17)20-16/h5-6H,7H2,1-4H3. The highest BCUT2D eigenvalue weighted by Gasteiger charge is 2.16. The molecule has 0 N–H and O–H groups in total. The Morgan fingerprint density at radius 2 is 1.70 bits per heavy atom. The molecule has 0 atom stereocenters. The van der Waals surface area contributed by atoms with E-state index in [0.29, 0.717) is 12.2 Å². The Morgan fingerprint density at radius 1 is 1.00 bits per heavy atom. The predicted molar refractivity (Wildman–Crippen MR) is 77.2 cm³/mol. The second-order valence-electron chi connectivity index (χ2n) is 5.06. The van der Waals surface area contributed by atoms with E-state index in [-0.39, 0.29) is 5.63 Å². The second-order valence-corrected chi connectivity index (χ2v) is 5.06.